The number of carbonyl (C=O) groups is 3. The van der Waals surface area contributed by atoms with E-state index in [2.05, 4.69) is 5.32 Å². The maximum atomic E-state index is 12.8. The average Bonchev–Trinajstić information content (AvgIpc) is 3.15. The number of esters is 1. The Morgan fingerprint density at radius 3 is 2.54 bits per heavy atom. The van der Waals surface area contributed by atoms with Crippen LogP contribution >= 0.6 is 22.9 Å². The Kier molecular flexibility index (Phi) is 7.20. The minimum atomic E-state index is -4.60. The van der Waals surface area contributed by atoms with Crippen LogP contribution in [0.5, 0.6) is 0 Å². The Balaban J connectivity index is 1.90. The Hall–Kier alpha value is -2.39. The summed E-state index contributed by atoms with van der Waals surface area (Å²) in [6.07, 6.45) is -6.18. The van der Waals surface area contributed by atoms with E-state index in [0.717, 1.165) is 12.1 Å². The van der Waals surface area contributed by atoms with E-state index >= 15 is 0 Å². The molecule has 0 aliphatic rings. The number of hydrogen-bond donors (Lipinski definition) is 1. The molecule has 0 aliphatic carbocycles. The van der Waals surface area contributed by atoms with E-state index < -0.39 is 29.7 Å². The van der Waals surface area contributed by atoms with Gasteiger partial charge in [0, 0.05) is 6.42 Å². The molecule has 0 saturated heterocycles. The van der Waals surface area contributed by atoms with Crippen LogP contribution in [0, 0.1) is 0 Å². The Bertz CT molecular complexity index is 868. The lowest BCUT2D eigenvalue weighted by Gasteiger charge is -2.15. The first-order valence-corrected chi connectivity index (χ1v) is 9.27. The third kappa shape index (κ3) is 6.07. The molecule has 0 saturated carbocycles. The van der Waals surface area contributed by atoms with Crippen molar-refractivity contribution in [1.82, 2.24) is 0 Å². The van der Waals surface area contributed by atoms with Gasteiger partial charge in [-0.3, -0.25) is 14.4 Å². The first kappa shape index (κ1) is 21.9. The predicted octanol–water partition coefficient (Wildman–Crippen LogP) is 4.95. The van der Waals surface area contributed by atoms with Gasteiger partial charge in [-0.1, -0.05) is 17.7 Å². The van der Waals surface area contributed by atoms with Crippen molar-refractivity contribution < 1.29 is 32.3 Å². The molecule has 0 fully saturated rings. The monoisotopic (exact) mass is 433 g/mol. The lowest BCUT2D eigenvalue weighted by Crippen LogP contribution is -2.30. The van der Waals surface area contributed by atoms with Crippen molar-refractivity contribution in [2.24, 2.45) is 0 Å². The molecule has 10 heteroatoms. The van der Waals surface area contributed by atoms with Gasteiger partial charge in [0.15, 0.2) is 11.9 Å². The fraction of sp³-hybridized carbons (Fsp3) is 0.278. The van der Waals surface area contributed by atoms with Crippen LogP contribution in [0.3, 0.4) is 0 Å². The Morgan fingerprint density at radius 1 is 1.21 bits per heavy atom. The number of rotatable bonds is 7. The lowest BCUT2D eigenvalue weighted by molar-refractivity contribution is -0.153. The van der Waals surface area contributed by atoms with Crippen LogP contribution in [-0.4, -0.2) is 23.8 Å². The minimum absolute atomic E-state index is 0.0762. The highest BCUT2D eigenvalue weighted by Gasteiger charge is 2.31. The van der Waals surface area contributed by atoms with Crippen molar-refractivity contribution in [2.45, 2.75) is 32.0 Å². The number of hydrogen-bond acceptors (Lipinski definition) is 5. The smallest absolute Gasteiger partial charge is 0.416 e. The Labute approximate surface area is 167 Å². The SMILES string of the molecule is C[C@H](OC(=O)CCC(=O)c1cccs1)C(=O)Nc1cc(C(F)(F)F)ccc1Cl. The van der Waals surface area contributed by atoms with Gasteiger partial charge in [0.2, 0.25) is 0 Å². The van der Waals surface area contributed by atoms with Gasteiger partial charge >= 0.3 is 12.1 Å². The number of alkyl halides is 3. The second kappa shape index (κ2) is 9.20. The number of Topliss-reactive ketones (excluding diaryl/α,β-unsaturated/α-hetero) is 1. The van der Waals surface area contributed by atoms with Crippen molar-refractivity contribution >= 4 is 46.3 Å². The first-order chi connectivity index (χ1) is 13.1. The van der Waals surface area contributed by atoms with Crippen molar-refractivity contribution in [2.75, 3.05) is 5.32 Å². The van der Waals surface area contributed by atoms with Gasteiger partial charge in [0.05, 0.1) is 27.6 Å². The van der Waals surface area contributed by atoms with Crippen LogP contribution < -0.4 is 5.32 Å². The molecule has 28 heavy (non-hydrogen) atoms. The first-order valence-electron chi connectivity index (χ1n) is 8.01. The summed E-state index contributed by atoms with van der Waals surface area (Å²) in [6, 6.07) is 5.82. The molecular weight excluding hydrogens is 419 g/mol. The second-order valence-corrected chi connectivity index (χ2v) is 7.07. The number of thiophene rings is 1. The molecule has 0 unspecified atom stereocenters. The zero-order valence-corrected chi connectivity index (χ0v) is 16.1. The molecule has 150 valence electrons. The zero-order valence-electron chi connectivity index (χ0n) is 14.5. The largest absolute Gasteiger partial charge is 0.453 e. The summed E-state index contributed by atoms with van der Waals surface area (Å²) in [5.41, 5.74) is -1.23. The fourth-order valence-electron chi connectivity index (χ4n) is 2.12. The van der Waals surface area contributed by atoms with Gasteiger partial charge in [-0.25, -0.2) is 0 Å². The minimum Gasteiger partial charge on any atom is -0.453 e. The van der Waals surface area contributed by atoms with E-state index in [9.17, 15) is 27.6 Å². The van der Waals surface area contributed by atoms with Crippen LogP contribution in [0.2, 0.25) is 5.02 Å². The topological polar surface area (TPSA) is 72.5 Å². The van der Waals surface area contributed by atoms with Crippen LogP contribution in [-0.2, 0) is 20.5 Å². The van der Waals surface area contributed by atoms with Gasteiger partial charge < -0.3 is 10.1 Å². The predicted molar refractivity (Wildman–Crippen MR) is 98.5 cm³/mol. The van der Waals surface area contributed by atoms with E-state index in [1.54, 1.807) is 17.5 Å². The number of anilines is 1. The van der Waals surface area contributed by atoms with E-state index in [4.69, 9.17) is 16.3 Å². The zero-order chi connectivity index (χ0) is 20.9. The number of amides is 1. The van der Waals surface area contributed by atoms with Crippen LogP contribution in [0.1, 0.15) is 35.0 Å². The molecule has 1 amide bonds. The van der Waals surface area contributed by atoms with Gasteiger partial charge in [-0.05, 0) is 36.6 Å². The molecule has 2 aromatic rings. The number of nitrogens with one attached hydrogen (secondary N) is 1. The average molecular weight is 434 g/mol. The van der Waals surface area contributed by atoms with Gasteiger partial charge in [-0.2, -0.15) is 13.2 Å². The molecule has 0 spiro atoms. The van der Waals surface area contributed by atoms with Crippen molar-refractivity contribution in [3.8, 4) is 0 Å². The summed E-state index contributed by atoms with van der Waals surface area (Å²) in [5, 5.41) is 3.84. The Morgan fingerprint density at radius 2 is 1.93 bits per heavy atom. The van der Waals surface area contributed by atoms with E-state index in [1.165, 1.54) is 18.3 Å². The molecule has 0 aliphatic heterocycles. The quantitative estimate of drug-likeness (QED) is 0.495. The molecule has 1 atom stereocenters. The maximum Gasteiger partial charge on any atom is 0.416 e. The summed E-state index contributed by atoms with van der Waals surface area (Å²) in [5.74, 6) is -1.85. The van der Waals surface area contributed by atoms with Gasteiger partial charge in [0.25, 0.3) is 5.91 Å². The molecule has 1 aromatic carbocycles. The number of halogens is 4. The molecule has 0 radical (unpaired) electrons. The number of ether oxygens (including phenoxy) is 1. The van der Waals surface area contributed by atoms with Gasteiger partial charge in [-0.15, -0.1) is 11.3 Å². The third-order valence-corrected chi connectivity index (χ3v) is 4.82. The number of carbonyl (C=O) groups excluding carboxylic acids is 3. The van der Waals surface area contributed by atoms with E-state index in [1.807, 2.05) is 0 Å². The summed E-state index contributed by atoms with van der Waals surface area (Å²) in [6.45, 7) is 1.26. The van der Waals surface area contributed by atoms with E-state index in [-0.39, 0.29) is 29.3 Å². The lowest BCUT2D eigenvalue weighted by atomic mass is 10.2. The molecule has 2 rings (SSSR count). The molecule has 1 heterocycles. The van der Waals surface area contributed by atoms with Crippen molar-refractivity contribution in [3.05, 3.63) is 51.2 Å². The summed E-state index contributed by atoms with van der Waals surface area (Å²) >= 11 is 7.06. The van der Waals surface area contributed by atoms with Gasteiger partial charge in [0.1, 0.15) is 0 Å². The highest BCUT2D eigenvalue weighted by Crippen LogP contribution is 2.33. The fourth-order valence-corrected chi connectivity index (χ4v) is 2.98. The normalized spacial score (nSPS) is 12.3. The third-order valence-electron chi connectivity index (χ3n) is 3.58. The highest BCUT2D eigenvalue weighted by molar-refractivity contribution is 7.12. The molecular formula is C18H15ClF3NO4S. The molecule has 0 bridgehead atoms. The second-order valence-electron chi connectivity index (χ2n) is 5.71. The summed E-state index contributed by atoms with van der Waals surface area (Å²) in [4.78, 5) is 36.3. The van der Waals surface area contributed by atoms with Crippen molar-refractivity contribution in [3.63, 3.8) is 0 Å². The summed E-state index contributed by atoms with van der Waals surface area (Å²) < 4.78 is 43.2. The highest BCUT2D eigenvalue weighted by atomic mass is 35.5. The number of ketones is 1. The summed E-state index contributed by atoms with van der Waals surface area (Å²) in [7, 11) is 0. The van der Waals surface area contributed by atoms with Crippen molar-refractivity contribution in [1.29, 1.82) is 0 Å². The maximum absolute atomic E-state index is 12.8. The standard InChI is InChI=1S/C18H15ClF3NO4S/c1-10(27-16(25)7-6-14(24)15-3-2-8-28-15)17(26)23-13-9-11(18(20,21)22)4-5-12(13)19/h2-5,8-10H,6-7H2,1H3,(H,23,26)/t10-/m0/s1. The van der Waals surface area contributed by atoms with Crippen LogP contribution in [0.25, 0.3) is 0 Å². The molecule has 1 N–H and O–H groups in total. The van der Waals surface area contributed by atoms with E-state index in [0.29, 0.717) is 10.9 Å². The number of benzene rings is 1. The molecule has 5 nitrogen and oxygen atoms in total. The van der Waals surface area contributed by atoms with Crippen LogP contribution in [0.4, 0.5) is 18.9 Å². The van der Waals surface area contributed by atoms with Crippen LogP contribution in [0.15, 0.2) is 35.7 Å². The molecule has 1 aromatic heterocycles.